The number of amides is 1. The minimum Gasteiger partial charge on any atom is -0.338 e. The highest BCUT2D eigenvalue weighted by molar-refractivity contribution is 5.94. The van der Waals surface area contributed by atoms with Crippen molar-refractivity contribution in [1.29, 1.82) is 0 Å². The van der Waals surface area contributed by atoms with Gasteiger partial charge in [-0.2, -0.15) is 4.98 Å². The fourth-order valence-electron chi connectivity index (χ4n) is 3.41. The topological polar surface area (TPSA) is 62.5 Å². The first kappa shape index (κ1) is 18.6. The van der Waals surface area contributed by atoms with Crippen LogP contribution in [0.1, 0.15) is 60.4 Å². The molecule has 0 aliphatic carbocycles. The molecule has 1 aromatic heterocycles. The molecule has 6 nitrogen and oxygen atoms in total. The molecule has 1 atom stereocenters. The van der Waals surface area contributed by atoms with Crippen molar-refractivity contribution in [1.82, 2.24) is 19.9 Å². The van der Waals surface area contributed by atoms with Crippen molar-refractivity contribution in [2.45, 2.75) is 46.1 Å². The maximum absolute atomic E-state index is 12.8. The van der Waals surface area contributed by atoms with Gasteiger partial charge in [-0.3, -0.25) is 9.69 Å². The van der Waals surface area contributed by atoms with Crippen molar-refractivity contribution >= 4 is 5.91 Å². The van der Waals surface area contributed by atoms with Gasteiger partial charge < -0.3 is 9.42 Å². The maximum atomic E-state index is 12.8. The second kappa shape index (κ2) is 8.45. The summed E-state index contributed by atoms with van der Waals surface area (Å²) in [5, 5.41) is 4.06. The van der Waals surface area contributed by atoms with Gasteiger partial charge in [0, 0.05) is 38.2 Å². The van der Waals surface area contributed by atoms with Gasteiger partial charge in [-0.05, 0) is 38.8 Å². The number of nitrogens with zero attached hydrogens (tertiary/aromatic N) is 4. The molecule has 1 fully saturated rings. The number of aryl methyl sites for hydroxylation is 2. The third kappa shape index (κ3) is 4.30. The van der Waals surface area contributed by atoms with E-state index in [1.165, 1.54) is 0 Å². The van der Waals surface area contributed by atoms with Gasteiger partial charge in [0.05, 0.1) is 6.04 Å². The van der Waals surface area contributed by atoms with Crippen molar-refractivity contribution in [2.24, 2.45) is 0 Å². The van der Waals surface area contributed by atoms with Gasteiger partial charge in [0.15, 0.2) is 5.82 Å². The summed E-state index contributed by atoms with van der Waals surface area (Å²) in [5.41, 5.74) is 1.88. The minimum atomic E-state index is 0.0714. The molecule has 26 heavy (non-hydrogen) atoms. The average molecular weight is 356 g/mol. The number of aromatic nitrogens is 2. The molecule has 1 saturated heterocycles. The molecule has 6 heteroatoms. The highest BCUT2D eigenvalue weighted by Gasteiger charge is 2.26. The lowest BCUT2D eigenvalue weighted by Gasteiger charge is -2.25. The summed E-state index contributed by atoms with van der Waals surface area (Å²) in [6.45, 7) is 9.44. The third-order valence-electron chi connectivity index (χ3n) is 4.95. The third-order valence-corrected chi connectivity index (χ3v) is 4.95. The van der Waals surface area contributed by atoms with Gasteiger partial charge in [0.1, 0.15) is 0 Å². The molecule has 2 heterocycles. The average Bonchev–Trinajstić information content (AvgIpc) is 2.96. The zero-order valence-corrected chi connectivity index (χ0v) is 15.9. The Bertz CT molecular complexity index is 743. The highest BCUT2D eigenvalue weighted by Crippen LogP contribution is 2.21. The lowest BCUT2D eigenvalue weighted by atomic mass is 10.1. The van der Waals surface area contributed by atoms with Crippen LogP contribution in [-0.2, 0) is 6.42 Å². The molecule has 1 aliphatic rings. The maximum Gasteiger partial charge on any atom is 0.253 e. The minimum absolute atomic E-state index is 0.0714. The summed E-state index contributed by atoms with van der Waals surface area (Å²) >= 11 is 0. The number of rotatable bonds is 5. The molecule has 0 radical (unpaired) electrons. The molecular formula is C20H28N4O2. The van der Waals surface area contributed by atoms with E-state index in [0.29, 0.717) is 12.4 Å². The fourth-order valence-corrected chi connectivity index (χ4v) is 3.41. The second-order valence-corrected chi connectivity index (χ2v) is 7.03. The van der Waals surface area contributed by atoms with Crippen LogP contribution in [0.25, 0.3) is 0 Å². The monoisotopic (exact) mass is 356 g/mol. The summed E-state index contributed by atoms with van der Waals surface area (Å²) in [6, 6.07) is 7.88. The van der Waals surface area contributed by atoms with E-state index in [0.717, 1.165) is 55.8 Å². The predicted octanol–water partition coefficient (Wildman–Crippen LogP) is 3.24. The van der Waals surface area contributed by atoms with Crippen molar-refractivity contribution in [2.75, 3.05) is 26.2 Å². The lowest BCUT2D eigenvalue weighted by Crippen LogP contribution is -2.36. The van der Waals surface area contributed by atoms with Gasteiger partial charge >= 0.3 is 0 Å². The predicted molar refractivity (Wildman–Crippen MR) is 100.0 cm³/mol. The Hall–Kier alpha value is -2.21. The number of benzene rings is 1. The van der Waals surface area contributed by atoms with Crippen LogP contribution in [0.2, 0.25) is 0 Å². The molecule has 0 spiro atoms. The Kier molecular flexibility index (Phi) is 6.04. The van der Waals surface area contributed by atoms with E-state index in [-0.39, 0.29) is 11.9 Å². The molecule has 3 rings (SSSR count). The van der Waals surface area contributed by atoms with Gasteiger partial charge in [0.25, 0.3) is 5.91 Å². The largest absolute Gasteiger partial charge is 0.338 e. The smallest absolute Gasteiger partial charge is 0.253 e. The first-order valence-corrected chi connectivity index (χ1v) is 9.51. The molecule has 2 aromatic rings. The zero-order valence-electron chi connectivity index (χ0n) is 15.9. The summed E-state index contributed by atoms with van der Waals surface area (Å²) in [6.07, 6.45) is 2.79. The number of hydrogen-bond acceptors (Lipinski definition) is 5. The SMILES string of the molecule is CCCc1noc(C(C)N2CCCN(C(=O)c3cccc(C)c3)CC2)n1. The Morgan fingerprint density at radius 1 is 1.27 bits per heavy atom. The molecule has 0 bridgehead atoms. The van der Waals surface area contributed by atoms with Crippen LogP contribution >= 0.6 is 0 Å². The molecular weight excluding hydrogens is 328 g/mol. The summed E-state index contributed by atoms with van der Waals surface area (Å²) in [7, 11) is 0. The Morgan fingerprint density at radius 3 is 2.88 bits per heavy atom. The number of carbonyl (C=O) groups is 1. The number of hydrogen-bond donors (Lipinski definition) is 0. The van der Waals surface area contributed by atoms with Crippen LogP contribution in [0, 0.1) is 6.92 Å². The van der Waals surface area contributed by atoms with Crippen LogP contribution in [0.5, 0.6) is 0 Å². The lowest BCUT2D eigenvalue weighted by molar-refractivity contribution is 0.0757. The van der Waals surface area contributed by atoms with Gasteiger partial charge in [0.2, 0.25) is 5.89 Å². The molecule has 1 unspecified atom stereocenters. The molecule has 1 amide bonds. The summed E-state index contributed by atoms with van der Waals surface area (Å²) in [5.74, 6) is 1.57. The Morgan fingerprint density at radius 2 is 2.12 bits per heavy atom. The number of carbonyl (C=O) groups excluding carboxylic acids is 1. The Labute approximate surface area is 155 Å². The van der Waals surface area contributed by atoms with Crippen LogP contribution in [0.4, 0.5) is 0 Å². The Balaban J connectivity index is 1.63. The van der Waals surface area contributed by atoms with Gasteiger partial charge in [-0.25, -0.2) is 0 Å². The molecule has 1 aromatic carbocycles. The first-order chi connectivity index (χ1) is 12.6. The van der Waals surface area contributed by atoms with E-state index in [1.807, 2.05) is 36.1 Å². The molecule has 140 valence electrons. The van der Waals surface area contributed by atoms with E-state index < -0.39 is 0 Å². The van der Waals surface area contributed by atoms with Crippen LogP contribution in [0.15, 0.2) is 28.8 Å². The van der Waals surface area contributed by atoms with Gasteiger partial charge in [-0.1, -0.05) is 29.8 Å². The van der Waals surface area contributed by atoms with E-state index >= 15 is 0 Å². The quantitative estimate of drug-likeness (QED) is 0.823. The van der Waals surface area contributed by atoms with Crippen molar-refractivity contribution < 1.29 is 9.32 Å². The zero-order chi connectivity index (χ0) is 18.5. The van der Waals surface area contributed by atoms with E-state index in [9.17, 15) is 4.79 Å². The summed E-state index contributed by atoms with van der Waals surface area (Å²) < 4.78 is 5.45. The van der Waals surface area contributed by atoms with E-state index in [4.69, 9.17) is 4.52 Å². The molecule has 1 aliphatic heterocycles. The second-order valence-electron chi connectivity index (χ2n) is 7.03. The van der Waals surface area contributed by atoms with Crippen molar-refractivity contribution in [3.8, 4) is 0 Å². The fraction of sp³-hybridized carbons (Fsp3) is 0.550. The standard InChI is InChI=1S/C20H28N4O2/c1-4-7-18-21-19(26-22-18)16(3)23-10-6-11-24(13-12-23)20(25)17-9-5-8-15(2)14-17/h5,8-9,14,16H,4,6-7,10-13H2,1-3H3. The van der Waals surface area contributed by atoms with E-state index in [2.05, 4.69) is 28.9 Å². The van der Waals surface area contributed by atoms with E-state index in [1.54, 1.807) is 0 Å². The van der Waals surface area contributed by atoms with Crippen molar-refractivity contribution in [3.05, 3.63) is 47.1 Å². The highest BCUT2D eigenvalue weighted by atomic mass is 16.5. The molecule has 0 saturated carbocycles. The van der Waals surface area contributed by atoms with Crippen LogP contribution in [0.3, 0.4) is 0 Å². The van der Waals surface area contributed by atoms with Gasteiger partial charge in [-0.15, -0.1) is 0 Å². The first-order valence-electron chi connectivity index (χ1n) is 9.51. The van der Waals surface area contributed by atoms with Crippen molar-refractivity contribution in [3.63, 3.8) is 0 Å². The summed E-state index contributed by atoms with van der Waals surface area (Å²) in [4.78, 5) is 21.6. The van der Waals surface area contributed by atoms with Crippen LogP contribution < -0.4 is 0 Å². The molecule has 0 N–H and O–H groups in total. The van der Waals surface area contributed by atoms with Crippen LogP contribution in [-0.4, -0.2) is 52.0 Å². The normalized spacial score (nSPS) is 17.1.